The smallest absolute Gasteiger partial charge is 0.258 e. The third-order valence-electron chi connectivity index (χ3n) is 1.77. The molecule has 1 heterocycles. The zero-order valence-electron chi connectivity index (χ0n) is 8.31. The number of nitrogens with one attached hydrogen (secondary N) is 2. The molecule has 0 saturated heterocycles. The van der Waals surface area contributed by atoms with E-state index in [0.29, 0.717) is 0 Å². The molecule has 0 spiro atoms. The van der Waals surface area contributed by atoms with Crippen LogP contribution in [0.5, 0.6) is 0 Å². The average Bonchev–Trinajstić information content (AvgIpc) is 2.53. The molecule has 1 amide bonds. The molecule has 0 bridgehead atoms. The summed E-state index contributed by atoms with van der Waals surface area (Å²) in [4.78, 5) is 10.9. The summed E-state index contributed by atoms with van der Waals surface area (Å²) in [6, 6.07) is 1.28. The summed E-state index contributed by atoms with van der Waals surface area (Å²) in [5, 5.41) is 5.68. The number of hydrogen-bond donors (Lipinski definition) is 3. The molecule has 0 aromatic carbocycles. The normalized spacial score (nSPS) is 12.7. The molecule has 0 saturated carbocycles. The molecular formula is C7H12N4O3S. The van der Waals surface area contributed by atoms with E-state index in [9.17, 15) is 13.2 Å². The van der Waals surface area contributed by atoms with E-state index in [1.54, 1.807) is 0 Å². The van der Waals surface area contributed by atoms with E-state index in [1.807, 2.05) is 0 Å². The Morgan fingerprint density at radius 1 is 1.60 bits per heavy atom. The van der Waals surface area contributed by atoms with Crippen LogP contribution in [0.25, 0.3) is 0 Å². The first-order valence-electron chi connectivity index (χ1n) is 4.09. The van der Waals surface area contributed by atoms with Crippen molar-refractivity contribution in [2.75, 3.05) is 0 Å². The summed E-state index contributed by atoms with van der Waals surface area (Å²) < 4.78 is 25.4. The number of aromatic amines is 1. The van der Waals surface area contributed by atoms with Crippen molar-refractivity contribution in [2.45, 2.75) is 24.4 Å². The standard InChI is InChI=1S/C7H12N4O3S/c1-7(2,6(8)12)11-15(13,14)5-3-4-9-10-5/h3-4,11H,1-2H3,(H2,8,12)(H,9,10). The molecule has 0 fully saturated rings. The predicted octanol–water partition coefficient (Wildman–Crippen LogP) is -1.05. The SMILES string of the molecule is CC(C)(NS(=O)(=O)c1ccn[nH]1)C(N)=O. The lowest BCUT2D eigenvalue weighted by molar-refractivity contribution is -0.122. The first kappa shape index (κ1) is 11.7. The largest absolute Gasteiger partial charge is 0.368 e. The summed E-state index contributed by atoms with van der Waals surface area (Å²) in [5.74, 6) is -0.759. The van der Waals surface area contributed by atoms with Crippen LogP contribution in [-0.2, 0) is 14.8 Å². The van der Waals surface area contributed by atoms with Crippen molar-refractivity contribution in [1.29, 1.82) is 0 Å². The number of amides is 1. The minimum absolute atomic E-state index is 0.114. The van der Waals surface area contributed by atoms with Crippen molar-refractivity contribution < 1.29 is 13.2 Å². The number of primary amides is 1. The van der Waals surface area contributed by atoms with Crippen LogP contribution in [0.2, 0.25) is 0 Å². The number of rotatable bonds is 4. The molecule has 0 aliphatic rings. The van der Waals surface area contributed by atoms with Gasteiger partial charge in [0.15, 0.2) is 5.03 Å². The second kappa shape index (κ2) is 3.63. The second-order valence-corrected chi connectivity index (χ2v) is 5.17. The molecule has 0 aliphatic carbocycles. The number of hydrogen-bond acceptors (Lipinski definition) is 4. The number of aromatic nitrogens is 2. The Labute approximate surface area is 87.1 Å². The minimum Gasteiger partial charge on any atom is -0.368 e. The van der Waals surface area contributed by atoms with Crippen molar-refractivity contribution >= 4 is 15.9 Å². The number of sulfonamides is 1. The highest BCUT2D eigenvalue weighted by molar-refractivity contribution is 7.89. The van der Waals surface area contributed by atoms with Gasteiger partial charge < -0.3 is 5.73 Å². The lowest BCUT2D eigenvalue weighted by Crippen LogP contribution is -2.52. The first-order valence-corrected chi connectivity index (χ1v) is 5.57. The predicted molar refractivity (Wildman–Crippen MR) is 52.2 cm³/mol. The highest BCUT2D eigenvalue weighted by Gasteiger charge is 2.31. The highest BCUT2D eigenvalue weighted by atomic mass is 32.2. The Bertz CT molecular complexity index is 449. The fourth-order valence-electron chi connectivity index (χ4n) is 0.834. The fraction of sp³-hybridized carbons (Fsp3) is 0.429. The van der Waals surface area contributed by atoms with Gasteiger partial charge in [0.1, 0.15) is 5.54 Å². The third kappa shape index (κ3) is 2.54. The molecule has 8 heteroatoms. The molecule has 1 aromatic rings. The maximum atomic E-state index is 11.6. The Kier molecular flexibility index (Phi) is 2.82. The molecule has 15 heavy (non-hydrogen) atoms. The molecular weight excluding hydrogens is 220 g/mol. The van der Waals surface area contributed by atoms with E-state index >= 15 is 0 Å². The van der Waals surface area contributed by atoms with Crippen LogP contribution in [0.3, 0.4) is 0 Å². The van der Waals surface area contributed by atoms with Crippen LogP contribution >= 0.6 is 0 Å². The van der Waals surface area contributed by atoms with Crippen LogP contribution in [-0.4, -0.2) is 30.1 Å². The highest BCUT2D eigenvalue weighted by Crippen LogP contribution is 2.09. The van der Waals surface area contributed by atoms with Gasteiger partial charge in [-0.25, -0.2) is 8.42 Å². The summed E-state index contributed by atoms with van der Waals surface area (Å²) >= 11 is 0. The van der Waals surface area contributed by atoms with Gasteiger partial charge in [-0.05, 0) is 19.9 Å². The quantitative estimate of drug-likeness (QED) is 0.614. The van der Waals surface area contributed by atoms with E-state index in [2.05, 4.69) is 14.9 Å². The van der Waals surface area contributed by atoms with E-state index in [1.165, 1.54) is 26.1 Å². The van der Waals surface area contributed by atoms with Gasteiger partial charge in [0, 0.05) is 0 Å². The van der Waals surface area contributed by atoms with Crippen molar-refractivity contribution in [3.8, 4) is 0 Å². The number of carbonyl (C=O) groups is 1. The van der Waals surface area contributed by atoms with Crippen LogP contribution < -0.4 is 10.5 Å². The van der Waals surface area contributed by atoms with Gasteiger partial charge in [-0.15, -0.1) is 0 Å². The maximum absolute atomic E-state index is 11.6. The van der Waals surface area contributed by atoms with Crippen molar-refractivity contribution in [3.05, 3.63) is 12.3 Å². The van der Waals surface area contributed by atoms with Crippen molar-refractivity contribution in [1.82, 2.24) is 14.9 Å². The van der Waals surface area contributed by atoms with E-state index in [-0.39, 0.29) is 5.03 Å². The maximum Gasteiger partial charge on any atom is 0.258 e. The number of nitrogens with two attached hydrogens (primary N) is 1. The van der Waals surface area contributed by atoms with E-state index in [4.69, 9.17) is 5.73 Å². The van der Waals surface area contributed by atoms with Crippen LogP contribution in [0, 0.1) is 0 Å². The van der Waals surface area contributed by atoms with Gasteiger partial charge in [-0.3, -0.25) is 9.89 Å². The number of nitrogens with zero attached hydrogens (tertiary/aromatic N) is 1. The summed E-state index contributed by atoms with van der Waals surface area (Å²) in [7, 11) is -3.79. The van der Waals surface area contributed by atoms with Gasteiger partial charge in [0.05, 0.1) is 6.20 Å². The molecule has 0 aliphatic heterocycles. The lowest BCUT2D eigenvalue weighted by Gasteiger charge is -2.21. The zero-order chi connectivity index (χ0) is 11.7. The summed E-state index contributed by atoms with van der Waals surface area (Å²) in [6.07, 6.45) is 1.30. The van der Waals surface area contributed by atoms with Crippen LogP contribution in [0.4, 0.5) is 0 Å². The average molecular weight is 232 g/mol. The van der Waals surface area contributed by atoms with Crippen molar-refractivity contribution in [2.24, 2.45) is 5.73 Å². The Hall–Kier alpha value is -1.41. The molecule has 1 aromatic heterocycles. The fourth-order valence-corrected chi connectivity index (χ4v) is 2.13. The van der Waals surface area contributed by atoms with Crippen LogP contribution in [0.1, 0.15) is 13.8 Å². The molecule has 0 atom stereocenters. The lowest BCUT2D eigenvalue weighted by atomic mass is 10.1. The molecule has 0 radical (unpaired) electrons. The van der Waals surface area contributed by atoms with E-state index < -0.39 is 21.5 Å². The Morgan fingerprint density at radius 2 is 2.20 bits per heavy atom. The van der Waals surface area contributed by atoms with Gasteiger partial charge in [0.25, 0.3) is 10.0 Å². The minimum atomic E-state index is -3.79. The monoisotopic (exact) mass is 232 g/mol. The van der Waals surface area contributed by atoms with E-state index in [0.717, 1.165) is 0 Å². The van der Waals surface area contributed by atoms with Gasteiger partial charge in [0.2, 0.25) is 5.91 Å². The second-order valence-electron chi connectivity index (χ2n) is 3.52. The molecule has 0 unspecified atom stereocenters. The van der Waals surface area contributed by atoms with Gasteiger partial charge >= 0.3 is 0 Å². The Balaban J connectivity index is 2.97. The number of H-pyrrole nitrogens is 1. The number of carbonyl (C=O) groups excluding carboxylic acids is 1. The first-order chi connectivity index (χ1) is 6.76. The van der Waals surface area contributed by atoms with Gasteiger partial charge in [-0.1, -0.05) is 0 Å². The topological polar surface area (TPSA) is 118 Å². The molecule has 7 nitrogen and oxygen atoms in total. The molecule has 1 rings (SSSR count). The third-order valence-corrected chi connectivity index (χ3v) is 3.36. The Morgan fingerprint density at radius 3 is 2.60 bits per heavy atom. The molecule has 4 N–H and O–H groups in total. The van der Waals surface area contributed by atoms with Gasteiger partial charge in [-0.2, -0.15) is 9.82 Å². The van der Waals surface area contributed by atoms with Crippen LogP contribution in [0.15, 0.2) is 17.3 Å². The summed E-state index contributed by atoms with van der Waals surface area (Å²) in [6.45, 7) is 2.76. The van der Waals surface area contributed by atoms with Crippen molar-refractivity contribution in [3.63, 3.8) is 0 Å². The summed E-state index contributed by atoms with van der Waals surface area (Å²) in [5.41, 5.74) is 3.70. The molecule has 84 valence electrons. The zero-order valence-corrected chi connectivity index (χ0v) is 9.13.